The van der Waals surface area contributed by atoms with Gasteiger partial charge in [0.15, 0.2) is 5.75 Å². The summed E-state index contributed by atoms with van der Waals surface area (Å²) in [6.45, 7) is 0. The Bertz CT molecular complexity index is 604. The molecule has 0 saturated heterocycles. The van der Waals surface area contributed by atoms with Crippen LogP contribution in [0.3, 0.4) is 0 Å². The maximum Gasteiger partial charge on any atom is 0.306 e. The number of benzene rings is 1. The van der Waals surface area contributed by atoms with Gasteiger partial charge in [0.2, 0.25) is 0 Å². The lowest BCUT2D eigenvalue weighted by atomic mass is 10.3. The van der Waals surface area contributed by atoms with Crippen molar-refractivity contribution in [3.8, 4) is 5.75 Å². The van der Waals surface area contributed by atoms with Crippen LogP contribution in [0.4, 0.5) is 0 Å². The molecule has 16 heavy (non-hydrogen) atoms. The third-order valence-corrected chi connectivity index (χ3v) is 3.39. The molecule has 90 valence electrons. The molecule has 0 unspecified atom stereocenters. The molecule has 0 spiro atoms. The second-order valence-corrected chi connectivity index (χ2v) is 6.71. The Morgan fingerprint density at radius 3 is 2.19 bits per heavy atom. The lowest BCUT2D eigenvalue weighted by Gasteiger charge is -2.06. The first-order valence-electron chi connectivity index (χ1n) is 3.76. The van der Waals surface area contributed by atoms with Crippen molar-refractivity contribution in [3.63, 3.8) is 0 Å². The Morgan fingerprint density at radius 2 is 1.81 bits per heavy atom. The molecule has 6 nitrogen and oxygen atoms in total. The second-order valence-electron chi connectivity index (χ2n) is 2.85. The van der Waals surface area contributed by atoms with Crippen LogP contribution in [0.25, 0.3) is 0 Å². The monoisotopic (exact) mass is 330 g/mol. The molecule has 0 fully saturated rings. The van der Waals surface area contributed by atoms with Gasteiger partial charge in [-0.25, -0.2) is 0 Å². The average molecular weight is 331 g/mol. The molecular weight excluding hydrogens is 324 g/mol. The van der Waals surface area contributed by atoms with Crippen LogP contribution < -0.4 is 4.18 Å². The van der Waals surface area contributed by atoms with Gasteiger partial charge in [-0.2, -0.15) is 16.8 Å². The van der Waals surface area contributed by atoms with E-state index in [4.69, 9.17) is 4.55 Å². The molecule has 0 heterocycles. The van der Waals surface area contributed by atoms with Crippen molar-refractivity contribution in [2.45, 2.75) is 4.90 Å². The largest absolute Gasteiger partial charge is 0.381 e. The van der Waals surface area contributed by atoms with Crippen molar-refractivity contribution < 1.29 is 25.6 Å². The van der Waals surface area contributed by atoms with Gasteiger partial charge in [-0.15, -0.1) is 0 Å². The molecule has 1 rings (SSSR count). The molecule has 0 aliphatic heterocycles. The molecule has 1 aromatic rings. The lowest BCUT2D eigenvalue weighted by Crippen LogP contribution is -2.06. The lowest BCUT2D eigenvalue weighted by molar-refractivity contribution is 0.482. The summed E-state index contributed by atoms with van der Waals surface area (Å²) in [6.07, 6.45) is 0.857. The van der Waals surface area contributed by atoms with Gasteiger partial charge in [-0.1, -0.05) is 0 Å². The highest BCUT2D eigenvalue weighted by atomic mass is 79.9. The number of hydrogen-bond donors (Lipinski definition) is 1. The van der Waals surface area contributed by atoms with E-state index in [1.807, 2.05) is 0 Å². The zero-order valence-corrected chi connectivity index (χ0v) is 11.1. The topological polar surface area (TPSA) is 97.7 Å². The molecule has 0 aliphatic rings. The van der Waals surface area contributed by atoms with Crippen molar-refractivity contribution in [1.82, 2.24) is 0 Å². The number of rotatable bonds is 3. The normalized spacial score (nSPS) is 12.4. The molecule has 0 saturated carbocycles. The van der Waals surface area contributed by atoms with Gasteiger partial charge < -0.3 is 4.18 Å². The van der Waals surface area contributed by atoms with Gasteiger partial charge in [0.1, 0.15) is 0 Å². The van der Waals surface area contributed by atoms with Crippen molar-refractivity contribution in [3.05, 3.63) is 22.7 Å². The maximum atomic E-state index is 10.8. The minimum atomic E-state index is -4.32. The Kier molecular flexibility index (Phi) is 3.62. The van der Waals surface area contributed by atoms with Gasteiger partial charge in [-0.3, -0.25) is 4.55 Å². The van der Waals surface area contributed by atoms with E-state index in [9.17, 15) is 16.8 Å². The quantitative estimate of drug-likeness (QED) is 0.656. The SMILES string of the molecule is CS(=O)(=O)Oc1ccc(S(=O)(=O)O)cc1Br. The first-order chi connectivity index (χ1) is 7.09. The van der Waals surface area contributed by atoms with Crippen LogP contribution in [0.2, 0.25) is 0 Å². The van der Waals surface area contributed by atoms with E-state index in [0.717, 1.165) is 24.5 Å². The van der Waals surface area contributed by atoms with Crippen LogP contribution >= 0.6 is 15.9 Å². The summed E-state index contributed by atoms with van der Waals surface area (Å²) in [5.41, 5.74) is 0. The van der Waals surface area contributed by atoms with Crippen molar-refractivity contribution in [1.29, 1.82) is 0 Å². The third kappa shape index (κ3) is 3.74. The standard InChI is InChI=1S/C7H7BrO6S2/c1-15(9,10)14-7-3-2-5(4-6(7)8)16(11,12)13/h2-4H,1H3,(H,11,12,13). The first-order valence-corrected chi connectivity index (χ1v) is 7.81. The fourth-order valence-corrected chi connectivity index (χ4v) is 2.57. The Hall–Kier alpha value is -0.640. The van der Waals surface area contributed by atoms with Crippen LogP contribution in [-0.2, 0) is 20.2 Å². The van der Waals surface area contributed by atoms with Gasteiger partial charge >= 0.3 is 10.1 Å². The fraction of sp³-hybridized carbons (Fsp3) is 0.143. The van der Waals surface area contributed by atoms with Crippen molar-refractivity contribution >= 4 is 36.2 Å². The van der Waals surface area contributed by atoms with E-state index < -0.39 is 20.2 Å². The minimum absolute atomic E-state index is 0.0603. The van der Waals surface area contributed by atoms with Gasteiger partial charge in [-0.05, 0) is 34.1 Å². The summed E-state index contributed by atoms with van der Waals surface area (Å²) >= 11 is 2.93. The van der Waals surface area contributed by atoms with Gasteiger partial charge in [0.05, 0.1) is 15.6 Å². The summed E-state index contributed by atoms with van der Waals surface area (Å²) in [5.74, 6) is -0.0603. The van der Waals surface area contributed by atoms with Crippen molar-refractivity contribution in [2.24, 2.45) is 0 Å². The summed E-state index contributed by atoms with van der Waals surface area (Å²) < 4.78 is 56.5. The highest BCUT2D eigenvalue weighted by Crippen LogP contribution is 2.28. The summed E-state index contributed by atoms with van der Waals surface area (Å²) in [5, 5.41) is 0. The van der Waals surface area contributed by atoms with E-state index in [2.05, 4.69) is 20.1 Å². The van der Waals surface area contributed by atoms with Crippen LogP contribution in [0.1, 0.15) is 0 Å². The first kappa shape index (κ1) is 13.4. The number of halogens is 1. The van der Waals surface area contributed by atoms with Gasteiger partial charge in [0.25, 0.3) is 10.1 Å². The van der Waals surface area contributed by atoms with Crippen LogP contribution in [0.15, 0.2) is 27.6 Å². The zero-order valence-electron chi connectivity index (χ0n) is 7.91. The molecular formula is C7H7BrO6S2. The minimum Gasteiger partial charge on any atom is -0.381 e. The molecule has 0 bridgehead atoms. The van der Waals surface area contributed by atoms with E-state index in [0.29, 0.717) is 0 Å². The third-order valence-electron chi connectivity index (χ3n) is 1.44. The Labute approximate surface area is 101 Å². The highest BCUT2D eigenvalue weighted by molar-refractivity contribution is 9.10. The average Bonchev–Trinajstić information content (AvgIpc) is 2.04. The molecule has 0 aliphatic carbocycles. The van der Waals surface area contributed by atoms with Crippen LogP contribution in [0, 0.1) is 0 Å². The van der Waals surface area contributed by atoms with E-state index >= 15 is 0 Å². The summed E-state index contributed by atoms with van der Waals surface area (Å²) in [6, 6.07) is 3.19. The Balaban J connectivity index is 3.21. The maximum absolute atomic E-state index is 10.8. The molecule has 9 heteroatoms. The highest BCUT2D eigenvalue weighted by Gasteiger charge is 2.14. The molecule has 1 N–H and O–H groups in total. The molecule has 0 atom stereocenters. The van der Waals surface area contributed by atoms with E-state index in [1.165, 1.54) is 0 Å². The number of hydrogen-bond acceptors (Lipinski definition) is 5. The second kappa shape index (κ2) is 4.32. The zero-order chi connectivity index (χ0) is 12.6. The van der Waals surface area contributed by atoms with Crippen molar-refractivity contribution in [2.75, 3.05) is 6.26 Å². The predicted molar refractivity (Wildman–Crippen MR) is 59.4 cm³/mol. The summed E-state index contributed by atoms with van der Waals surface area (Å²) in [4.78, 5) is -0.361. The Morgan fingerprint density at radius 1 is 1.25 bits per heavy atom. The predicted octanol–water partition coefficient (Wildman–Crippen LogP) is 1.03. The summed E-state index contributed by atoms with van der Waals surface area (Å²) in [7, 11) is -8.01. The van der Waals surface area contributed by atoms with E-state index in [-0.39, 0.29) is 15.1 Å². The fourth-order valence-electron chi connectivity index (χ4n) is 0.873. The van der Waals surface area contributed by atoms with E-state index in [1.54, 1.807) is 0 Å². The van der Waals surface area contributed by atoms with Gasteiger partial charge in [0, 0.05) is 0 Å². The molecule has 0 aromatic heterocycles. The molecule has 0 radical (unpaired) electrons. The van der Waals surface area contributed by atoms with Crippen LogP contribution in [-0.4, -0.2) is 27.6 Å². The smallest absolute Gasteiger partial charge is 0.306 e. The molecule has 0 amide bonds. The van der Waals surface area contributed by atoms with Crippen LogP contribution in [0.5, 0.6) is 5.75 Å². The molecule has 1 aromatic carbocycles.